The van der Waals surface area contributed by atoms with Crippen molar-refractivity contribution >= 4 is 27.3 Å². The normalized spacial score (nSPS) is 12.9. The second-order valence-corrected chi connectivity index (χ2v) is 7.27. The maximum atomic E-state index is 6.15. The van der Waals surface area contributed by atoms with Crippen molar-refractivity contribution in [1.29, 1.82) is 0 Å². The van der Waals surface area contributed by atoms with Crippen LogP contribution in [0.5, 0.6) is 0 Å². The molecule has 0 aromatic carbocycles. The highest BCUT2D eigenvalue weighted by Gasteiger charge is 2.05. The number of hydrogen-bond donors (Lipinski definition) is 1. The Morgan fingerprint density at radius 2 is 1.88 bits per heavy atom. The summed E-state index contributed by atoms with van der Waals surface area (Å²) in [5.41, 5.74) is 6.15. The fraction of sp³-hybridized carbons (Fsp3) is 0.714. The molecule has 0 fully saturated rings. The Hall–Kier alpha value is 0.140. The lowest BCUT2D eigenvalue weighted by Gasteiger charge is -2.09. The molecular weight excluding hydrogens is 294 g/mol. The van der Waals surface area contributed by atoms with Gasteiger partial charge in [-0.3, -0.25) is 0 Å². The molecule has 0 saturated carbocycles. The molecule has 0 aliphatic rings. The van der Waals surface area contributed by atoms with Gasteiger partial charge in [0.25, 0.3) is 0 Å². The van der Waals surface area contributed by atoms with Gasteiger partial charge in [-0.15, -0.1) is 11.3 Å². The molecule has 17 heavy (non-hydrogen) atoms. The van der Waals surface area contributed by atoms with Crippen molar-refractivity contribution in [2.75, 3.05) is 0 Å². The fourth-order valence-corrected chi connectivity index (χ4v) is 3.58. The van der Waals surface area contributed by atoms with E-state index >= 15 is 0 Å². The van der Waals surface area contributed by atoms with E-state index in [0.29, 0.717) is 6.04 Å². The first-order valence-electron chi connectivity index (χ1n) is 6.72. The molecule has 1 atom stereocenters. The van der Waals surface area contributed by atoms with E-state index in [-0.39, 0.29) is 0 Å². The van der Waals surface area contributed by atoms with Crippen molar-refractivity contribution in [3.8, 4) is 0 Å². The fourth-order valence-electron chi connectivity index (χ4n) is 2.01. The highest BCUT2D eigenvalue weighted by molar-refractivity contribution is 9.11. The molecule has 0 radical (unpaired) electrons. The first-order chi connectivity index (χ1) is 8.22. The second kappa shape index (κ2) is 9.12. The Labute approximate surface area is 118 Å². The molecule has 1 aromatic rings. The van der Waals surface area contributed by atoms with Crippen molar-refractivity contribution in [3.63, 3.8) is 0 Å². The van der Waals surface area contributed by atoms with Crippen molar-refractivity contribution in [3.05, 3.63) is 20.8 Å². The topological polar surface area (TPSA) is 26.0 Å². The van der Waals surface area contributed by atoms with Crippen LogP contribution in [-0.2, 0) is 6.42 Å². The Bertz CT molecular complexity index is 298. The van der Waals surface area contributed by atoms with Crippen LogP contribution in [0.2, 0.25) is 0 Å². The van der Waals surface area contributed by atoms with Crippen LogP contribution in [0.4, 0.5) is 0 Å². The lowest BCUT2D eigenvalue weighted by Crippen LogP contribution is -2.22. The van der Waals surface area contributed by atoms with Crippen LogP contribution in [-0.4, -0.2) is 6.04 Å². The Balaban J connectivity index is 2.03. The molecule has 1 rings (SSSR count). The van der Waals surface area contributed by atoms with Crippen LogP contribution in [0.25, 0.3) is 0 Å². The molecule has 98 valence electrons. The monoisotopic (exact) mass is 317 g/mol. The summed E-state index contributed by atoms with van der Waals surface area (Å²) in [5.74, 6) is 0. The number of thiophene rings is 1. The minimum absolute atomic E-state index is 0.340. The highest BCUT2D eigenvalue weighted by atomic mass is 79.9. The van der Waals surface area contributed by atoms with Gasteiger partial charge in [-0.05, 0) is 40.9 Å². The molecule has 1 aromatic heterocycles. The van der Waals surface area contributed by atoms with E-state index < -0.39 is 0 Å². The third kappa shape index (κ3) is 7.22. The SMILES string of the molecule is CCCCCCCCC(N)Cc1ccc(Br)s1. The minimum atomic E-state index is 0.340. The zero-order valence-corrected chi connectivity index (χ0v) is 13.2. The number of unbranched alkanes of at least 4 members (excludes halogenated alkanes) is 5. The van der Waals surface area contributed by atoms with Crippen LogP contribution in [0.1, 0.15) is 56.7 Å². The van der Waals surface area contributed by atoms with Crippen molar-refractivity contribution in [2.45, 2.75) is 64.3 Å². The molecule has 0 aliphatic heterocycles. The maximum Gasteiger partial charge on any atom is 0.0701 e. The summed E-state index contributed by atoms with van der Waals surface area (Å²) in [7, 11) is 0. The molecule has 3 heteroatoms. The van der Waals surface area contributed by atoms with Gasteiger partial charge in [0, 0.05) is 10.9 Å². The van der Waals surface area contributed by atoms with Gasteiger partial charge in [-0.2, -0.15) is 0 Å². The quantitative estimate of drug-likeness (QED) is 0.628. The van der Waals surface area contributed by atoms with E-state index in [1.54, 1.807) is 11.3 Å². The van der Waals surface area contributed by atoms with E-state index in [9.17, 15) is 0 Å². The van der Waals surface area contributed by atoms with Crippen LogP contribution >= 0.6 is 27.3 Å². The van der Waals surface area contributed by atoms with E-state index in [2.05, 4.69) is 35.0 Å². The molecule has 0 spiro atoms. The predicted molar refractivity (Wildman–Crippen MR) is 81.7 cm³/mol. The third-order valence-electron chi connectivity index (χ3n) is 3.02. The Morgan fingerprint density at radius 3 is 2.53 bits per heavy atom. The van der Waals surface area contributed by atoms with Gasteiger partial charge < -0.3 is 5.73 Å². The Morgan fingerprint density at radius 1 is 1.18 bits per heavy atom. The van der Waals surface area contributed by atoms with Crippen molar-refractivity contribution < 1.29 is 0 Å². The number of nitrogens with two attached hydrogens (primary N) is 1. The Kier molecular flexibility index (Phi) is 8.15. The number of rotatable bonds is 9. The standard InChI is InChI=1S/C14H24BrNS/c1-2-3-4-5-6-7-8-12(16)11-13-9-10-14(15)17-13/h9-10,12H,2-8,11,16H2,1H3. The molecule has 0 amide bonds. The molecule has 0 aliphatic carbocycles. The first kappa shape index (κ1) is 15.2. The van der Waals surface area contributed by atoms with E-state index in [1.807, 2.05) is 0 Å². The van der Waals surface area contributed by atoms with Gasteiger partial charge in [-0.25, -0.2) is 0 Å². The number of halogens is 1. The van der Waals surface area contributed by atoms with Crippen molar-refractivity contribution in [1.82, 2.24) is 0 Å². The van der Waals surface area contributed by atoms with Gasteiger partial charge in [0.2, 0.25) is 0 Å². The average molecular weight is 318 g/mol. The first-order valence-corrected chi connectivity index (χ1v) is 8.33. The molecule has 2 N–H and O–H groups in total. The second-order valence-electron chi connectivity index (χ2n) is 4.73. The van der Waals surface area contributed by atoms with Gasteiger partial charge in [-0.1, -0.05) is 45.4 Å². The zero-order valence-electron chi connectivity index (χ0n) is 10.8. The largest absolute Gasteiger partial charge is 0.327 e. The maximum absolute atomic E-state index is 6.15. The molecule has 0 bridgehead atoms. The summed E-state index contributed by atoms with van der Waals surface area (Å²) in [6.07, 6.45) is 10.3. The lowest BCUT2D eigenvalue weighted by molar-refractivity contribution is 0.534. The smallest absolute Gasteiger partial charge is 0.0701 e. The van der Waals surface area contributed by atoms with Crippen LogP contribution in [0.3, 0.4) is 0 Å². The molecular formula is C14H24BrNS. The van der Waals surface area contributed by atoms with Crippen molar-refractivity contribution in [2.24, 2.45) is 5.73 Å². The summed E-state index contributed by atoms with van der Waals surface area (Å²) in [6, 6.07) is 4.62. The van der Waals surface area contributed by atoms with Gasteiger partial charge in [0.1, 0.15) is 0 Å². The van der Waals surface area contributed by atoms with Crippen LogP contribution < -0.4 is 5.73 Å². The van der Waals surface area contributed by atoms with E-state index in [4.69, 9.17) is 5.73 Å². The van der Waals surface area contributed by atoms with E-state index in [0.717, 1.165) is 6.42 Å². The van der Waals surface area contributed by atoms with E-state index in [1.165, 1.54) is 53.6 Å². The summed E-state index contributed by atoms with van der Waals surface area (Å²) in [6.45, 7) is 2.26. The average Bonchev–Trinajstić information content (AvgIpc) is 2.69. The van der Waals surface area contributed by atoms with Crippen LogP contribution in [0.15, 0.2) is 15.9 Å². The third-order valence-corrected chi connectivity index (χ3v) is 4.67. The molecule has 1 heterocycles. The summed E-state index contributed by atoms with van der Waals surface area (Å²) in [5, 5.41) is 0. The van der Waals surface area contributed by atoms with Gasteiger partial charge >= 0.3 is 0 Å². The predicted octanol–water partition coefficient (Wildman–Crippen LogP) is 5.13. The molecule has 0 saturated heterocycles. The lowest BCUT2D eigenvalue weighted by atomic mass is 10.0. The minimum Gasteiger partial charge on any atom is -0.327 e. The number of hydrogen-bond acceptors (Lipinski definition) is 2. The summed E-state index contributed by atoms with van der Waals surface area (Å²) >= 11 is 5.29. The molecule has 1 unspecified atom stereocenters. The van der Waals surface area contributed by atoms with Crippen LogP contribution in [0, 0.1) is 0 Å². The summed E-state index contributed by atoms with van der Waals surface area (Å²) in [4.78, 5) is 1.40. The van der Waals surface area contributed by atoms with Gasteiger partial charge in [0.05, 0.1) is 3.79 Å². The molecule has 1 nitrogen and oxygen atoms in total. The zero-order chi connectivity index (χ0) is 12.5. The summed E-state index contributed by atoms with van der Waals surface area (Å²) < 4.78 is 1.21. The van der Waals surface area contributed by atoms with Gasteiger partial charge in [0.15, 0.2) is 0 Å². The highest BCUT2D eigenvalue weighted by Crippen LogP contribution is 2.23.